The highest BCUT2D eigenvalue weighted by Gasteiger charge is 2.25. The van der Waals surface area contributed by atoms with Crippen molar-refractivity contribution in [1.82, 2.24) is 15.2 Å². The molecule has 0 aliphatic carbocycles. The molecular weight excluding hydrogens is 314 g/mol. The first-order valence-electron chi connectivity index (χ1n) is 8.77. The fourth-order valence-electron chi connectivity index (χ4n) is 3.82. The molecule has 3 aromatic rings. The van der Waals surface area contributed by atoms with E-state index in [2.05, 4.69) is 51.6 Å². The normalized spacial score (nSPS) is 20.2. The molecule has 1 saturated heterocycles. The number of nitrogens with zero attached hydrogens (tertiary/aromatic N) is 1. The van der Waals surface area contributed by atoms with Gasteiger partial charge in [0.25, 0.3) is 0 Å². The van der Waals surface area contributed by atoms with Crippen molar-refractivity contribution in [2.75, 3.05) is 26.4 Å². The van der Waals surface area contributed by atoms with E-state index >= 15 is 0 Å². The van der Waals surface area contributed by atoms with E-state index in [-0.39, 0.29) is 0 Å². The van der Waals surface area contributed by atoms with Gasteiger partial charge in [-0.2, -0.15) is 0 Å². The number of hydrogen-bond donors (Lipinski definition) is 2. The summed E-state index contributed by atoms with van der Waals surface area (Å²) in [5.41, 5.74) is 3.82. The molecule has 1 aromatic heterocycles. The van der Waals surface area contributed by atoms with Crippen LogP contribution in [-0.4, -0.2) is 36.3 Å². The van der Waals surface area contributed by atoms with Gasteiger partial charge in [-0.1, -0.05) is 12.1 Å². The van der Waals surface area contributed by atoms with Gasteiger partial charge in [0, 0.05) is 43.9 Å². The quantitative estimate of drug-likeness (QED) is 0.772. The fraction of sp³-hybridized carbons (Fsp3) is 0.300. The number of nitrogens with one attached hydrogen (secondary N) is 2. The third-order valence-corrected chi connectivity index (χ3v) is 5.14. The van der Waals surface area contributed by atoms with Gasteiger partial charge in [0.15, 0.2) is 11.5 Å². The van der Waals surface area contributed by atoms with Crippen molar-refractivity contribution in [3.8, 4) is 11.5 Å². The number of rotatable bonds is 3. The van der Waals surface area contributed by atoms with Crippen LogP contribution in [0.2, 0.25) is 0 Å². The standard InChI is InChI=1S/C20H21N3O2/c1-3-17-15(5-6-22-17)9-14(1)12-23-8-7-21-11-18(23)16-2-4-19-20(10-16)25-13-24-19/h1-6,9-10,18,21-22H,7-8,11-13H2. The largest absolute Gasteiger partial charge is 0.454 e. The molecule has 0 radical (unpaired) electrons. The molecule has 2 aromatic carbocycles. The lowest BCUT2D eigenvalue weighted by Gasteiger charge is -2.36. The maximum Gasteiger partial charge on any atom is 0.231 e. The summed E-state index contributed by atoms with van der Waals surface area (Å²) >= 11 is 0. The second kappa shape index (κ2) is 6.10. The molecule has 2 N–H and O–H groups in total. The molecule has 1 fully saturated rings. The Morgan fingerprint density at radius 1 is 1.04 bits per heavy atom. The zero-order chi connectivity index (χ0) is 16.6. The van der Waals surface area contributed by atoms with E-state index < -0.39 is 0 Å². The van der Waals surface area contributed by atoms with E-state index in [4.69, 9.17) is 9.47 Å². The molecule has 0 spiro atoms. The number of aromatic amines is 1. The first kappa shape index (κ1) is 14.8. The van der Waals surface area contributed by atoms with Gasteiger partial charge in [0.2, 0.25) is 6.79 Å². The summed E-state index contributed by atoms with van der Waals surface area (Å²) in [5, 5.41) is 4.79. The lowest BCUT2D eigenvalue weighted by molar-refractivity contribution is 0.153. The lowest BCUT2D eigenvalue weighted by Crippen LogP contribution is -2.45. The predicted molar refractivity (Wildman–Crippen MR) is 96.9 cm³/mol. The van der Waals surface area contributed by atoms with Gasteiger partial charge in [-0.15, -0.1) is 0 Å². The SMILES string of the molecule is c1cc2cc(CN3CCNCC3c3ccc4c(c3)OCO4)ccc2[nH]1. The summed E-state index contributed by atoms with van der Waals surface area (Å²) in [6, 6.07) is 15.5. The van der Waals surface area contributed by atoms with Crippen LogP contribution in [0.1, 0.15) is 17.2 Å². The highest BCUT2D eigenvalue weighted by molar-refractivity contribution is 5.79. The zero-order valence-electron chi connectivity index (χ0n) is 14.0. The number of H-pyrrole nitrogens is 1. The maximum atomic E-state index is 5.56. The lowest BCUT2D eigenvalue weighted by atomic mass is 10.0. The van der Waals surface area contributed by atoms with Crippen LogP contribution in [0.5, 0.6) is 11.5 Å². The third kappa shape index (κ3) is 2.75. The molecule has 2 aliphatic heterocycles. The average molecular weight is 335 g/mol. The fourth-order valence-corrected chi connectivity index (χ4v) is 3.82. The van der Waals surface area contributed by atoms with Crippen LogP contribution in [0.15, 0.2) is 48.7 Å². The van der Waals surface area contributed by atoms with Gasteiger partial charge < -0.3 is 19.8 Å². The van der Waals surface area contributed by atoms with Crippen molar-refractivity contribution in [3.05, 3.63) is 59.8 Å². The molecule has 5 rings (SSSR count). The number of ether oxygens (including phenoxy) is 2. The Kier molecular flexibility index (Phi) is 3.61. The van der Waals surface area contributed by atoms with E-state index in [0.29, 0.717) is 12.8 Å². The molecule has 0 bridgehead atoms. The molecule has 128 valence electrons. The summed E-state index contributed by atoms with van der Waals surface area (Å²) < 4.78 is 11.0. The second-order valence-corrected chi connectivity index (χ2v) is 6.70. The van der Waals surface area contributed by atoms with Crippen LogP contribution in [0.4, 0.5) is 0 Å². The molecule has 5 heteroatoms. The highest BCUT2D eigenvalue weighted by Crippen LogP contribution is 2.36. The molecule has 25 heavy (non-hydrogen) atoms. The first-order valence-corrected chi connectivity index (χ1v) is 8.77. The Bertz CT molecular complexity index is 905. The van der Waals surface area contributed by atoms with Crippen molar-refractivity contribution in [2.45, 2.75) is 12.6 Å². The van der Waals surface area contributed by atoms with E-state index in [1.807, 2.05) is 12.3 Å². The maximum absolute atomic E-state index is 5.56. The summed E-state index contributed by atoms with van der Waals surface area (Å²) in [5.74, 6) is 1.70. The highest BCUT2D eigenvalue weighted by atomic mass is 16.7. The Morgan fingerprint density at radius 2 is 2.00 bits per heavy atom. The Morgan fingerprint density at radius 3 is 3.00 bits per heavy atom. The molecule has 0 amide bonds. The van der Waals surface area contributed by atoms with Gasteiger partial charge in [0.05, 0.1) is 0 Å². The van der Waals surface area contributed by atoms with Crippen molar-refractivity contribution in [2.24, 2.45) is 0 Å². The third-order valence-electron chi connectivity index (χ3n) is 5.14. The Hall–Kier alpha value is -2.50. The van der Waals surface area contributed by atoms with Gasteiger partial charge in [-0.25, -0.2) is 0 Å². The average Bonchev–Trinajstić information content (AvgIpc) is 3.30. The monoisotopic (exact) mass is 335 g/mol. The van der Waals surface area contributed by atoms with Gasteiger partial charge in [-0.05, 0) is 46.8 Å². The number of benzene rings is 2. The van der Waals surface area contributed by atoms with Crippen molar-refractivity contribution >= 4 is 10.9 Å². The predicted octanol–water partition coefficient (Wildman–Crippen LogP) is 3.04. The van der Waals surface area contributed by atoms with Crippen LogP contribution in [-0.2, 0) is 6.54 Å². The Balaban J connectivity index is 1.42. The van der Waals surface area contributed by atoms with Gasteiger partial charge in [0.1, 0.15) is 0 Å². The van der Waals surface area contributed by atoms with E-state index in [0.717, 1.165) is 37.7 Å². The summed E-state index contributed by atoms with van der Waals surface area (Å²) in [7, 11) is 0. The van der Waals surface area contributed by atoms with Crippen molar-refractivity contribution in [3.63, 3.8) is 0 Å². The number of aromatic nitrogens is 1. The van der Waals surface area contributed by atoms with Gasteiger partial charge >= 0.3 is 0 Å². The molecule has 3 heterocycles. The number of fused-ring (bicyclic) bond motifs is 2. The molecular formula is C20H21N3O2. The van der Waals surface area contributed by atoms with Crippen molar-refractivity contribution in [1.29, 1.82) is 0 Å². The topological polar surface area (TPSA) is 49.5 Å². The first-order chi connectivity index (χ1) is 12.4. The van der Waals surface area contributed by atoms with Crippen LogP contribution in [0.25, 0.3) is 10.9 Å². The molecule has 5 nitrogen and oxygen atoms in total. The molecule has 0 saturated carbocycles. The van der Waals surface area contributed by atoms with Crippen molar-refractivity contribution < 1.29 is 9.47 Å². The minimum Gasteiger partial charge on any atom is -0.454 e. The van der Waals surface area contributed by atoms with Crippen LogP contribution >= 0.6 is 0 Å². The smallest absolute Gasteiger partial charge is 0.231 e. The molecule has 1 unspecified atom stereocenters. The minimum absolute atomic E-state index is 0.322. The zero-order valence-corrected chi connectivity index (χ0v) is 14.0. The summed E-state index contributed by atoms with van der Waals surface area (Å²) in [6.07, 6.45) is 1.99. The Labute approximate surface area is 146 Å². The second-order valence-electron chi connectivity index (χ2n) is 6.70. The van der Waals surface area contributed by atoms with Crippen LogP contribution < -0.4 is 14.8 Å². The van der Waals surface area contributed by atoms with E-state index in [9.17, 15) is 0 Å². The number of piperazine rings is 1. The van der Waals surface area contributed by atoms with E-state index in [1.54, 1.807) is 0 Å². The van der Waals surface area contributed by atoms with Crippen LogP contribution in [0.3, 0.4) is 0 Å². The number of hydrogen-bond acceptors (Lipinski definition) is 4. The summed E-state index contributed by atoms with van der Waals surface area (Å²) in [4.78, 5) is 5.80. The van der Waals surface area contributed by atoms with Crippen LogP contribution in [0, 0.1) is 0 Å². The molecule has 2 aliphatic rings. The molecule has 1 atom stereocenters. The van der Waals surface area contributed by atoms with Gasteiger partial charge in [-0.3, -0.25) is 4.90 Å². The van der Waals surface area contributed by atoms with E-state index in [1.165, 1.54) is 22.0 Å². The summed E-state index contributed by atoms with van der Waals surface area (Å²) in [6.45, 7) is 4.27. The minimum atomic E-state index is 0.322.